The fourth-order valence-corrected chi connectivity index (χ4v) is 1.99. The van der Waals surface area contributed by atoms with Crippen LogP contribution in [0.4, 0.5) is 5.69 Å². The van der Waals surface area contributed by atoms with Crippen LogP contribution >= 0.6 is 0 Å². The van der Waals surface area contributed by atoms with Gasteiger partial charge in [0.05, 0.1) is 0 Å². The summed E-state index contributed by atoms with van der Waals surface area (Å²) in [5.41, 5.74) is 2.12. The van der Waals surface area contributed by atoms with Crippen molar-refractivity contribution in [3.05, 3.63) is 65.7 Å². The average molecular weight is 267 g/mol. The quantitative estimate of drug-likeness (QED) is 0.919. The number of hydrogen-bond donors (Lipinski definition) is 1. The Labute approximate surface area is 118 Å². The van der Waals surface area contributed by atoms with Crippen molar-refractivity contribution in [2.75, 3.05) is 5.32 Å². The van der Waals surface area contributed by atoms with Gasteiger partial charge in [-0.3, -0.25) is 9.59 Å². The Bertz CT molecular complexity index is 620. The summed E-state index contributed by atoms with van der Waals surface area (Å²) in [6.45, 7) is 3.40. The number of anilines is 1. The van der Waals surface area contributed by atoms with Crippen LogP contribution in [-0.4, -0.2) is 11.7 Å². The minimum atomic E-state index is -0.234. The third-order valence-corrected chi connectivity index (χ3v) is 3.32. The topological polar surface area (TPSA) is 46.2 Å². The first-order chi connectivity index (χ1) is 9.59. The zero-order valence-corrected chi connectivity index (χ0v) is 11.6. The second kappa shape index (κ2) is 6.15. The third kappa shape index (κ3) is 3.12. The molecule has 0 fully saturated rings. The van der Waals surface area contributed by atoms with Crippen LogP contribution in [0.5, 0.6) is 0 Å². The predicted molar refractivity (Wildman–Crippen MR) is 79.9 cm³/mol. The SMILES string of the molecule is CC(=O)C(C)c1ccccc1NC(=O)c1ccccc1. The number of para-hydroxylation sites is 1. The molecule has 0 bridgehead atoms. The van der Waals surface area contributed by atoms with Gasteiger partial charge in [-0.25, -0.2) is 0 Å². The van der Waals surface area contributed by atoms with E-state index in [4.69, 9.17) is 0 Å². The number of benzene rings is 2. The van der Waals surface area contributed by atoms with E-state index >= 15 is 0 Å². The maximum absolute atomic E-state index is 12.2. The maximum atomic E-state index is 12.2. The average Bonchev–Trinajstić information content (AvgIpc) is 2.48. The zero-order chi connectivity index (χ0) is 14.5. The van der Waals surface area contributed by atoms with Crippen molar-refractivity contribution < 1.29 is 9.59 Å². The van der Waals surface area contributed by atoms with Crippen molar-refractivity contribution in [1.82, 2.24) is 0 Å². The van der Waals surface area contributed by atoms with Crippen LogP contribution in [0.25, 0.3) is 0 Å². The Morgan fingerprint density at radius 3 is 2.20 bits per heavy atom. The monoisotopic (exact) mass is 267 g/mol. The highest BCUT2D eigenvalue weighted by Crippen LogP contribution is 2.25. The molecule has 20 heavy (non-hydrogen) atoms. The Hall–Kier alpha value is -2.42. The highest BCUT2D eigenvalue weighted by atomic mass is 16.1. The molecular formula is C17H17NO2. The molecule has 0 saturated heterocycles. The van der Waals surface area contributed by atoms with Crippen molar-refractivity contribution in [3.63, 3.8) is 0 Å². The maximum Gasteiger partial charge on any atom is 0.255 e. The summed E-state index contributed by atoms with van der Waals surface area (Å²) in [5, 5.41) is 2.87. The number of amides is 1. The zero-order valence-electron chi connectivity index (χ0n) is 11.6. The summed E-state index contributed by atoms with van der Waals surface area (Å²) in [6, 6.07) is 16.4. The summed E-state index contributed by atoms with van der Waals surface area (Å²) in [6.07, 6.45) is 0. The van der Waals surface area contributed by atoms with Crippen LogP contribution in [-0.2, 0) is 4.79 Å². The lowest BCUT2D eigenvalue weighted by molar-refractivity contribution is -0.118. The van der Waals surface area contributed by atoms with Gasteiger partial charge in [-0.2, -0.15) is 0 Å². The second-order valence-electron chi connectivity index (χ2n) is 4.74. The molecule has 3 nitrogen and oxygen atoms in total. The van der Waals surface area contributed by atoms with E-state index in [1.807, 2.05) is 49.4 Å². The molecule has 1 N–H and O–H groups in total. The van der Waals surface area contributed by atoms with E-state index in [2.05, 4.69) is 5.32 Å². The van der Waals surface area contributed by atoms with Gasteiger partial charge in [0.1, 0.15) is 5.78 Å². The van der Waals surface area contributed by atoms with E-state index in [0.29, 0.717) is 11.3 Å². The van der Waals surface area contributed by atoms with Crippen LogP contribution in [0.2, 0.25) is 0 Å². The second-order valence-corrected chi connectivity index (χ2v) is 4.74. The van der Waals surface area contributed by atoms with Gasteiger partial charge in [0.25, 0.3) is 5.91 Å². The molecule has 1 amide bonds. The van der Waals surface area contributed by atoms with Gasteiger partial charge < -0.3 is 5.32 Å². The van der Waals surface area contributed by atoms with E-state index in [9.17, 15) is 9.59 Å². The summed E-state index contributed by atoms with van der Waals surface area (Å²) >= 11 is 0. The summed E-state index contributed by atoms with van der Waals surface area (Å²) < 4.78 is 0. The summed E-state index contributed by atoms with van der Waals surface area (Å²) in [4.78, 5) is 23.7. The Kier molecular flexibility index (Phi) is 4.31. The first-order valence-corrected chi connectivity index (χ1v) is 6.55. The summed E-state index contributed by atoms with van der Waals surface area (Å²) in [7, 11) is 0. The van der Waals surface area contributed by atoms with Gasteiger partial charge in [-0.1, -0.05) is 43.3 Å². The van der Waals surface area contributed by atoms with Crippen molar-refractivity contribution in [1.29, 1.82) is 0 Å². The minimum Gasteiger partial charge on any atom is -0.322 e. The van der Waals surface area contributed by atoms with E-state index in [1.165, 1.54) is 0 Å². The Morgan fingerprint density at radius 2 is 1.55 bits per heavy atom. The molecule has 0 spiro atoms. The van der Waals surface area contributed by atoms with Gasteiger partial charge >= 0.3 is 0 Å². The highest BCUT2D eigenvalue weighted by molar-refractivity contribution is 6.05. The van der Waals surface area contributed by atoms with E-state index in [0.717, 1.165) is 5.56 Å². The van der Waals surface area contributed by atoms with Gasteiger partial charge in [0, 0.05) is 17.2 Å². The molecule has 1 unspecified atom stereocenters. The normalized spacial score (nSPS) is 11.7. The molecule has 2 aromatic carbocycles. The van der Waals surface area contributed by atoms with Crippen LogP contribution in [0, 0.1) is 0 Å². The third-order valence-electron chi connectivity index (χ3n) is 3.32. The molecule has 0 aliphatic heterocycles. The van der Waals surface area contributed by atoms with Crippen molar-refractivity contribution in [3.8, 4) is 0 Å². The smallest absolute Gasteiger partial charge is 0.255 e. The number of nitrogens with one attached hydrogen (secondary N) is 1. The fraction of sp³-hybridized carbons (Fsp3) is 0.176. The van der Waals surface area contributed by atoms with Gasteiger partial charge in [-0.05, 0) is 30.7 Å². The fourth-order valence-electron chi connectivity index (χ4n) is 1.99. The number of Topliss-reactive ketones (excluding diaryl/α,β-unsaturated/α-hetero) is 1. The van der Waals surface area contributed by atoms with Crippen molar-refractivity contribution >= 4 is 17.4 Å². The van der Waals surface area contributed by atoms with Gasteiger partial charge in [-0.15, -0.1) is 0 Å². The lowest BCUT2D eigenvalue weighted by atomic mass is 9.96. The standard InChI is InChI=1S/C17H17NO2/c1-12(13(2)19)15-10-6-7-11-16(15)18-17(20)14-8-4-3-5-9-14/h3-12H,1-2H3,(H,18,20). The Morgan fingerprint density at radius 1 is 0.950 bits per heavy atom. The summed E-state index contributed by atoms with van der Waals surface area (Å²) in [5.74, 6) is -0.331. The molecule has 0 radical (unpaired) electrons. The van der Waals surface area contributed by atoms with E-state index in [1.54, 1.807) is 19.1 Å². The molecule has 1 atom stereocenters. The van der Waals surface area contributed by atoms with Crippen LogP contribution in [0.1, 0.15) is 35.7 Å². The predicted octanol–water partition coefficient (Wildman–Crippen LogP) is 3.63. The molecule has 3 heteroatoms. The number of carbonyl (C=O) groups excluding carboxylic acids is 2. The van der Waals surface area contributed by atoms with E-state index in [-0.39, 0.29) is 17.6 Å². The molecule has 0 aliphatic rings. The van der Waals surface area contributed by atoms with Gasteiger partial charge in [0.15, 0.2) is 0 Å². The molecule has 2 rings (SSSR count). The first-order valence-electron chi connectivity index (χ1n) is 6.55. The van der Waals surface area contributed by atoms with Crippen LogP contribution in [0.15, 0.2) is 54.6 Å². The minimum absolute atomic E-state index is 0.0754. The highest BCUT2D eigenvalue weighted by Gasteiger charge is 2.16. The number of rotatable bonds is 4. The van der Waals surface area contributed by atoms with Crippen LogP contribution < -0.4 is 5.32 Å². The van der Waals surface area contributed by atoms with Gasteiger partial charge in [0.2, 0.25) is 0 Å². The largest absolute Gasteiger partial charge is 0.322 e. The van der Waals surface area contributed by atoms with E-state index < -0.39 is 0 Å². The molecular weight excluding hydrogens is 250 g/mol. The number of hydrogen-bond acceptors (Lipinski definition) is 2. The molecule has 0 aromatic heterocycles. The first kappa shape index (κ1) is 14.0. The molecule has 0 aliphatic carbocycles. The molecule has 102 valence electrons. The van der Waals surface area contributed by atoms with Crippen LogP contribution in [0.3, 0.4) is 0 Å². The number of ketones is 1. The lowest BCUT2D eigenvalue weighted by Gasteiger charge is -2.14. The Balaban J connectivity index is 2.26. The van der Waals surface area contributed by atoms with Crippen molar-refractivity contribution in [2.45, 2.75) is 19.8 Å². The number of carbonyl (C=O) groups is 2. The molecule has 2 aromatic rings. The van der Waals surface area contributed by atoms with Crippen molar-refractivity contribution in [2.24, 2.45) is 0 Å². The molecule has 0 saturated carbocycles. The lowest BCUT2D eigenvalue weighted by Crippen LogP contribution is -2.15. The molecule has 0 heterocycles.